The maximum Gasteiger partial charge on any atom is 0.261 e. The fourth-order valence-electron chi connectivity index (χ4n) is 2.16. The van der Waals surface area contributed by atoms with Gasteiger partial charge in [0.1, 0.15) is 5.56 Å². The number of nitrogens with two attached hydrogens (primary N) is 1. The minimum absolute atomic E-state index is 0.163. The van der Waals surface area contributed by atoms with Gasteiger partial charge in [0.25, 0.3) is 5.91 Å². The van der Waals surface area contributed by atoms with Gasteiger partial charge in [-0.15, -0.1) is 0 Å². The van der Waals surface area contributed by atoms with Crippen LogP contribution >= 0.6 is 11.6 Å². The van der Waals surface area contributed by atoms with Gasteiger partial charge in [0.15, 0.2) is 5.82 Å². The molecule has 0 fully saturated rings. The van der Waals surface area contributed by atoms with Gasteiger partial charge < -0.3 is 11.1 Å². The Morgan fingerprint density at radius 3 is 2.90 bits per heavy atom. The minimum Gasteiger partial charge on any atom is -0.382 e. The second-order valence-electron chi connectivity index (χ2n) is 4.56. The molecule has 0 saturated carbocycles. The number of pyridine rings is 1. The number of hydrogen-bond acceptors (Lipinski definition) is 4. The van der Waals surface area contributed by atoms with Crippen LogP contribution in [-0.4, -0.2) is 21.1 Å². The Balaban J connectivity index is 2.03. The lowest BCUT2D eigenvalue weighted by Gasteiger charge is -2.09. The number of carbonyl (C=O) groups excluding carboxylic acids is 1. The third-order valence-electron chi connectivity index (χ3n) is 3.17. The average molecular weight is 302 g/mol. The van der Waals surface area contributed by atoms with Gasteiger partial charge in [-0.05, 0) is 31.2 Å². The molecule has 0 aliphatic carbocycles. The average Bonchev–Trinajstić information content (AvgIpc) is 2.81. The van der Waals surface area contributed by atoms with Crippen LogP contribution in [-0.2, 0) is 0 Å². The summed E-state index contributed by atoms with van der Waals surface area (Å²) in [5.74, 6) is -0.177. The van der Waals surface area contributed by atoms with E-state index in [4.69, 9.17) is 17.3 Å². The third kappa shape index (κ3) is 2.30. The van der Waals surface area contributed by atoms with Gasteiger partial charge in [-0.2, -0.15) is 5.10 Å². The van der Waals surface area contributed by atoms with Crippen LogP contribution in [0.1, 0.15) is 16.1 Å². The molecule has 7 heteroatoms. The molecular formula is C14H12ClN5O. The van der Waals surface area contributed by atoms with Crippen LogP contribution in [0.3, 0.4) is 0 Å². The molecule has 2 heterocycles. The number of aryl methyl sites for hydroxylation is 1. The molecule has 0 atom stereocenters. The molecule has 3 aromatic rings. The van der Waals surface area contributed by atoms with Crippen LogP contribution in [0.5, 0.6) is 0 Å². The number of H-pyrrole nitrogens is 1. The van der Waals surface area contributed by atoms with Crippen LogP contribution in [0.4, 0.5) is 11.5 Å². The highest BCUT2D eigenvalue weighted by Crippen LogP contribution is 2.28. The highest BCUT2D eigenvalue weighted by Gasteiger charge is 2.17. The Bertz CT molecular complexity index is 823. The van der Waals surface area contributed by atoms with Gasteiger partial charge in [0.2, 0.25) is 0 Å². The monoisotopic (exact) mass is 301 g/mol. The molecule has 0 radical (unpaired) electrons. The number of anilines is 2. The summed E-state index contributed by atoms with van der Waals surface area (Å²) in [6.07, 6.45) is 1.64. The van der Waals surface area contributed by atoms with E-state index in [1.54, 1.807) is 31.3 Å². The van der Waals surface area contributed by atoms with Crippen molar-refractivity contribution < 1.29 is 4.79 Å². The van der Waals surface area contributed by atoms with Gasteiger partial charge in [-0.3, -0.25) is 14.9 Å². The molecule has 2 aromatic heterocycles. The molecule has 0 spiro atoms. The number of amides is 1. The van der Waals surface area contributed by atoms with Gasteiger partial charge >= 0.3 is 0 Å². The first-order valence-electron chi connectivity index (χ1n) is 6.23. The molecule has 4 N–H and O–H groups in total. The number of hydrogen-bond donors (Lipinski definition) is 3. The summed E-state index contributed by atoms with van der Waals surface area (Å²) in [6.45, 7) is 1.73. The molecule has 0 aliphatic heterocycles. The van der Waals surface area contributed by atoms with E-state index in [2.05, 4.69) is 20.5 Å². The molecule has 1 amide bonds. The maximum absolute atomic E-state index is 12.3. The second-order valence-corrected chi connectivity index (χ2v) is 4.96. The fourth-order valence-corrected chi connectivity index (χ4v) is 2.37. The third-order valence-corrected chi connectivity index (χ3v) is 3.50. The Hall–Kier alpha value is -2.60. The standard InChI is InChI=1S/C14H12ClN5O/c1-7-11(13(16)20-19-7)14(21)18-10-5-4-9(15)8-3-2-6-17-12(8)10/h2-6H,1H3,(H,18,21)(H3,16,19,20). The van der Waals surface area contributed by atoms with Crippen LogP contribution in [0.2, 0.25) is 5.02 Å². The van der Waals surface area contributed by atoms with E-state index in [1.165, 1.54) is 0 Å². The Morgan fingerprint density at radius 1 is 1.38 bits per heavy atom. The number of nitrogen functional groups attached to an aromatic ring is 1. The summed E-state index contributed by atoms with van der Waals surface area (Å²) < 4.78 is 0. The molecule has 0 aliphatic rings. The largest absolute Gasteiger partial charge is 0.382 e. The zero-order chi connectivity index (χ0) is 15.0. The number of nitrogens with one attached hydrogen (secondary N) is 2. The first-order chi connectivity index (χ1) is 10.1. The van der Waals surface area contributed by atoms with E-state index in [0.717, 1.165) is 5.39 Å². The van der Waals surface area contributed by atoms with E-state index in [9.17, 15) is 4.79 Å². The molecule has 3 rings (SSSR count). The van der Waals surface area contributed by atoms with Crippen molar-refractivity contribution in [1.82, 2.24) is 15.2 Å². The van der Waals surface area contributed by atoms with Crippen molar-refractivity contribution in [3.05, 3.63) is 46.7 Å². The number of aromatic nitrogens is 3. The van der Waals surface area contributed by atoms with Gasteiger partial charge in [0.05, 0.1) is 16.2 Å². The molecule has 1 aromatic carbocycles. The molecule has 6 nitrogen and oxygen atoms in total. The number of fused-ring (bicyclic) bond motifs is 1. The number of benzene rings is 1. The normalized spacial score (nSPS) is 10.8. The van der Waals surface area contributed by atoms with Crippen molar-refractivity contribution in [2.75, 3.05) is 11.1 Å². The fraction of sp³-hybridized carbons (Fsp3) is 0.0714. The van der Waals surface area contributed by atoms with Crippen molar-refractivity contribution in [2.24, 2.45) is 0 Å². The summed E-state index contributed by atoms with van der Waals surface area (Å²) in [6, 6.07) is 7.06. The summed E-state index contributed by atoms with van der Waals surface area (Å²) in [4.78, 5) is 16.6. The van der Waals surface area contributed by atoms with E-state index >= 15 is 0 Å². The predicted molar refractivity (Wildman–Crippen MR) is 82.4 cm³/mol. The van der Waals surface area contributed by atoms with Crippen molar-refractivity contribution in [3.8, 4) is 0 Å². The Morgan fingerprint density at radius 2 is 2.19 bits per heavy atom. The van der Waals surface area contributed by atoms with Gasteiger partial charge in [-0.25, -0.2) is 0 Å². The van der Waals surface area contributed by atoms with Crippen molar-refractivity contribution in [1.29, 1.82) is 0 Å². The number of aromatic amines is 1. The van der Waals surface area contributed by atoms with Gasteiger partial charge in [-0.1, -0.05) is 11.6 Å². The number of rotatable bonds is 2. The molecule has 21 heavy (non-hydrogen) atoms. The van der Waals surface area contributed by atoms with E-state index in [-0.39, 0.29) is 11.7 Å². The van der Waals surface area contributed by atoms with Crippen molar-refractivity contribution in [3.63, 3.8) is 0 Å². The van der Waals surface area contributed by atoms with E-state index in [0.29, 0.717) is 27.5 Å². The topological polar surface area (TPSA) is 96.7 Å². The summed E-state index contributed by atoms with van der Waals surface area (Å²) in [5, 5.41) is 10.6. The Labute approximate surface area is 125 Å². The molecule has 106 valence electrons. The molecule has 0 saturated heterocycles. The zero-order valence-electron chi connectivity index (χ0n) is 11.1. The first-order valence-corrected chi connectivity index (χ1v) is 6.60. The van der Waals surface area contributed by atoms with Crippen LogP contribution in [0, 0.1) is 6.92 Å². The van der Waals surface area contributed by atoms with E-state index in [1.807, 2.05) is 6.07 Å². The SMILES string of the molecule is Cc1[nH]nc(N)c1C(=O)Nc1ccc(Cl)c2cccnc12. The quantitative estimate of drug-likeness (QED) is 0.678. The number of nitrogens with zero attached hydrogens (tertiary/aromatic N) is 2. The van der Waals surface area contributed by atoms with E-state index < -0.39 is 0 Å². The van der Waals surface area contributed by atoms with Crippen LogP contribution < -0.4 is 11.1 Å². The predicted octanol–water partition coefficient (Wildman–Crippen LogP) is 2.75. The van der Waals surface area contributed by atoms with Gasteiger partial charge in [0, 0.05) is 17.3 Å². The minimum atomic E-state index is -0.340. The summed E-state index contributed by atoms with van der Waals surface area (Å²) >= 11 is 6.13. The Kier molecular flexibility index (Phi) is 3.23. The van der Waals surface area contributed by atoms with Crippen LogP contribution in [0.15, 0.2) is 30.5 Å². The second kappa shape index (κ2) is 5.06. The maximum atomic E-state index is 12.3. The first kappa shape index (κ1) is 13.4. The number of carbonyl (C=O) groups is 1. The smallest absolute Gasteiger partial charge is 0.261 e. The van der Waals surface area contributed by atoms with Crippen molar-refractivity contribution >= 4 is 39.9 Å². The lowest BCUT2D eigenvalue weighted by atomic mass is 10.1. The number of halogens is 1. The molecule has 0 bridgehead atoms. The van der Waals surface area contributed by atoms with Crippen molar-refractivity contribution in [2.45, 2.75) is 6.92 Å². The molecular weight excluding hydrogens is 290 g/mol. The van der Waals surface area contributed by atoms with Crippen LogP contribution in [0.25, 0.3) is 10.9 Å². The summed E-state index contributed by atoms with van der Waals surface area (Å²) in [5.41, 5.74) is 7.82. The lowest BCUT2D eigenvalue weighted by Crippen LogP contribution is -2.14. The summed E-state index contributed by atoms with van der Waals surface area (Å²) in [7, 11) is 0. The lowest BCUT2D eigenvalue weighted by molar-refractivity contribution is 0.102. The molecule has 0 unspecified atom stereocenters. The highest BCUT2D eigenvalue weighted by molar-refractivity contribution is 6.36. The highest BCUT2D eigenvalue weighted by atomic mass is 35.5. The zero-order valence-corrected chi connectivity index (χ0v) is 11.9.